The van der Waals surface area contributed by atoms with E-state index in [2.05, 4.69) is 28.6 Å². The molecule has 3 amide bonds. The maximum absolute atomic E-state index is 12.9. The third kappa shape index (κ3) is 11.6. The first-order chi connectivity index (χ1) is 14.6. The predicted octanol–water partition coefficient (Wildman–Crippen LogP) is -0.679. The zero-order chi connectivity index (χ0) is 24.0. The van der Waals surface area contributed by atoms with Gasteiger partial charge in [0.25, 0.3) is 0 Å². The van der Waals surface area contributed by atoms with Crippen molar-refractivity contribution in [1.29, 1.82) is 0 Å². The van der Waals surface area contributed by atoms with Gasteiger partial charge in [0.1, 0.15) is 18.1 Å². The highest BCUT2D eigenvalue weighted by Crippen LogP contribution is 2.08. The molecule has 0 aliphatic rings. The first-order valence-electron chi connectivity index (χ1n) is 10.3. The monoisotopic (exact) mass is 479 g/mol. The molecule has 4 atom stereocenters. The number of unbranched alkanes of at least 4 members (excludes halogenated alkanes) is 1. The van der Waals surface area contributed by atoms with Gasteiger partial charge in [0.15, 0.2) is 0 Å². The maximum atomic E-state index is 12.9. The molecule has 0 bridgehead atoms. The van der Waals surface area contributed by atoms with E-state index in [1.54, 1.807) is 25.6 Å². The molecule has 0 fully saturated rings. The Labute approximate surface area is 193 Å². The van der Waals surface area contributed by atoms with E-state index in [4.69, 9.17) is 16.6 Å². The Morgan fingerprint density at radius 3 is 2.06 bits per heavy atom. The molecule has 8 N–H and O–H groups in total. The van der Waals surface area contributed by atoms with E-state index in [-0.39, 0.29) is 11.7 Å². The highest BCUT2D eigenvalue weighted by Gasteiger charge is 2.31. The second kappa shape index (κ2) is 16.2. The molecular formula is C19H37N5O5S2. The van der Waals surface area contributed by atoms with E-state index in [9.17, 15) is 19.2 Å². The van der Waals surface area contributed by atoms with E-state index >= 15 is 0 Å². The third-order valence-electron chi connectivity index (χ3n) is 4.59. The average Bonchev–Trinajstić information content (AvgIpc) is 2.72. The molecule has 0 saturated heterocycles. The minimum atomic E-state index is -1.22. The number of carboxylic acid groups (broad SMARTS) is 1. The summed E-state index contributed by atoms with van der Waals surface area (Å²) in [6, 6.07) is -3.78. The fraction of sp³-hybridized carbons (Fsp3) is 0.789. The Bertz CT molecular complexity index is 594. The Hall–Kier alpha value is -1.50. The van der Waals surface area contributed by atoms with Gasteiger partial charge in [0.2, 0.25) is 17.7 Å². The van der Waals surface area contributed by atoms with Crippen LogP contribution in [0.2, 0.25) is 0 Å². The van der Waals surface area contributed by atoms with Crippen molar-refractivity contribution in [1.82, 2.24) is 16.0 Å². The van der Waals surface area contributed by atoms with E-state index in [1.807, 2.05) is 6.26 Å². The zero-order valence-electron chi connectivity index (χ0n) is 18.4. The summed E-state index contributed by atoms with van der Waals surface area (Å²) in [4.78, 5) is 49.1. The average molecular weight is 480 g/mol. The van der Waals surface area contributed by atoms with Gasteiger partial charge in [-0.05, 0) is 50.2 Å². The molecule has 10 nitrogen and oxygen atoms in total. The minimum Gasteiger partial charge on any atom is -0.480 e. The number of carbonyl (C=O) groups excluding carboxylic acids is 3. The lowest BCUT2D eigenvalue weighted by molar-refractivity contribution is -0.142. The molecule has 0 aliphatic heterocycles. The van der Waals surface area contributed by atoms with Gasteiger partial charge in [-0.1, -0.05) is 13.8 Å². The molecule has 0 spiro atoms. The van der Waals surface area contributed by atoms with Gasteiger partial charge in [-0.2, -0.15) is 24.4 Å². The first kappa shape index (κ1) is 29.5. The van der Waals surface area contributed by atoms with Crippen LogP contribution in [0.5, 0.6) is 0 Å². The maximum Gasteiger partial charge on any atom is 0.327 e. The van der Waals surface area contributed by atoms with E-state index in [0.29, 0.717) is 38.0 Å². The summed E-state index contributed by atoms with van der Waals surface area (Å²) < 4.78 is 0. The smallest absolute Gasteiger partial charge is 0.327 e. The van der Waals surface area contributed by atoms with Gasteiger partial charge in [0.05, 0.1) is 6.04 Å². The summed E-state index contributed by atoms with van der Waals surface area (Å²) >= 11 is 5.49. The fourth-order valence-corrected chi connectivity index (χ4v) is 3.39. The van der Waals surface area contributed by atoms with Gasteiger partial charge >= 0.3 is 5.97 Å². The number of thioether (sulfide) groups is 1. The third-order valence-corrected chi connectivity index (χ3v) is 5.60. The second-order valence-electron chi connectivity index (χ2n) is 7.55. The molecule has 0 aromatic rings. The van der Waals surface area contributed by atoms with Crippen molar-refractivity contribution >= 4 is 48.1 Å². The normalized spacial score (nSPS) is 14.9. The number of aliphatic carboxylic acids is 1. The molecule has 31 heavy (non-hydrogen) atoms. The van der Waals surface area contributed by atoms with Gasteiger partial charge in [-0.3, -0.25) is 14.4 Å². The number of carbonyl (C=O) groups is 4. The van der Waals surface area contributed by atoms with Crippen LogP contribution < -0.4 is 27.4 Å². The molecular weight excluding hydrogens is 442 g/mol. The SMILES string of the molecule is CSCCC(N)C(=O)NC(CCCCN)C(=O)NC(C(=O)NC(CS)C(=O)O)C(C)C. The topological polar surface area (TPSA) is 177 Å². The number of carboxylic acids is 1. The van der Waals surface area contributed by atoms with E-state index in [1.165, 1.54) is 0 Å². The number of nitrogens with two attached hydrogens (primary N) is 2. The van der Waals surface area contributed by atoms with Crippen LogP contribution in [-0.4, -0.2) is 77.3 Å². The highest BCUT2D eigenvalue weighted by atomic mass is 32.2. The Morgan fingerprint density at radius 1 is 0.968 bits per heavy atom. The zero-order valence-corrected chi connectivity index (χ0v) is 20.1. The van der Waals surface area contributed by atoms with Gasteiger partial charge in [-0.15, -0.1) is 0 Å². The number of hydrogen-bond acceptors (Lipinski definition) is 8. The molecule has 0 heterocycles. The number of rotatable bonds is 16. The van der Waals surface area contributed by atoms with Crippen molar-refractivity contribution in [2.45, 2.75) is 63.7 Å². The predicted molar refractivity (Wildman–Crippen MR) is 126 cm³/mol. The molecule has 0 radical (unpaired) electrons. The molecule has 0 aliphatic carbocycles. The summed E-state index contributed by atoms with van der Waals surface area (Å²) in [5, 5.41) is 16.8. The number of hydrogen-bond donors (Lipinski definition) is 7. The Kier molecular flexibility index (Phi) is 15.4. The minimum absolute atomic E-state index is 0.0917. The molecule has 0 saturated carbocycles. The van der Waals surface area contributed by atoms with Crippen molar-refractivity contribution in [3.05, 3.63) is 0 Å². The Balaban J connectivity index is 5.28. The van der Waals surface area contributed by atoms with Crippen LogP contribution in [0.3, 0.4) is 0 Å². The summed E-state index contributed by atoms with van der Waals surface area (Å²) in [6.45, 7) is 3.90. The lowest BCUT2D eigenvalue weighted by Gasteiger charge is -2.27. The summed E-state index contributed by atoms with van der Waals surface area (Å²) in [7, 11) is 0. The molecule has 0 aromatic carbocycles. The van der Waals surface area contributed by atoms with Crippen LogP contribution in [0.25, 0.3) is 0 Å². The molecule has 4 unspecified atom stereocenters. The summed E-state index contributed by atoms with van der Waals surface area (Å²) in [6.07, 6.45) is 4.00. The van der Waals surface area contributed by atoms with Crippen molar-refractivity contribution < 1.29 is 24.3 Å². The van der Waals surface area contributed by atoms with Crippen molar-refractivity contribution in [2.24, 2.45) is 17.4 Å². The standard InChI is InChI=1S/C19H37N5O5S2/c1-11(2)15(18(27)23-14(10-30)19(28)29)24-17(26)13(6-4-5-8-20)22-16(25)12(21)7-9-31-3/h11-15,30H,4-10,20-21H2,1-3H3,(H,22,25)(H,23,27)(H,24,26)(H,28,29). The van der Waals surface area contributed by atoms with Crippen molar-refractivity contribution in [2.75, 3.05) is 24.3 Å². The van der Waals surface area contributed by atoms with Gasteiger partial charge in [0, 0.05) is 5.75 Å². The molecule has 180 valence electrons. The van der Waals surface area contributed by atoms with E-state index in [0.717, 1.165) is 0 Å². The van der Waals surface area contributed by atoms with E-state index < -0.39 is 47.9 Å². The van der Waals surface area contributed by atoms with Crippen molar-refractivity contribution in [3.63, 3.8) is 0 Å². The van der Waals surface area contributed by atoms with Crippen LogP contribution in [-0.2, 0) is 19.2 Å². The Morgan fingerprint density at radius 2 is 1.58 bits per heavy atom. The molecule has 0 aromatic heterocycles. The van der Waals surface area contributed by atoms with Crippen LogP contribution in [0.4, 0.5) is 0 Å². The highest BCUT2D eigenvalue weighted by molar-refractivity contribution is 7.98. The number of amides is 3. The first-order valence-corrected chi connectivity index (χ1v) is 12.3. The van der Waals surface area contributed by atoms with Crippen LogP contribution in [0.15, 0.2) is 0 Å². The summed E-state index contributed by atoms with van der Waals surface area (Å²) in [5.74, 6) is -2.52. The number of nitrogens with one attached hydrogen (secondary N) is 3. The molecule has 0 rings (SSSR count). The quantitative estimate of drug-likeness (QED) is 0.112. The van der Waals surface area contributed by atoms with Crippen molar-refractivity contribution in [3.8, 4) is 0 Å². The molecule has 12 heteroatoms. The van der Waals surface area contributed by atoms with Crippen LogP contribution in [0, 0.1) is 5.92 Å². The van der Waals surface area contributed by atoms with Crippen LogP contribution in [0.1, 0.15) is 39.5 Å². The van der Waals surface area contributed by atoms with Crippen LogP contribution >= 0.6 is 24.4 Å². The lowest BCUT2D eigenvalue weighted by atomic mass is 10.0. The second-order valence-corrected chi connectivity index (χ2v) is 8.90. The summed E-state index contributed by atoms with van der Waals surface area (Å²) in [5.41, 5.74) is 11.4. The fourth-order valence-electron chi connectivity index (χ4n) is 2.65. The largest absolute Gasteiger partial charge is 0.480 e. The lowest BCUT2D eigenvalue weighted by Crippen LogP contribution is -2.58. The van der Waals surface area contributed by atoms with Gasteiger partial charge < -0.3 is 32.5 Å². The number of thiol groups is 1. The van der Waals surface area contributed by atoms with Gasteiger partial charge in [-0.25, -0.2) is 4.79 Å².